The molecule has 0 radical (unpaired) electrons. The van der Waals surface area contributed by atoms with E-state index in [1.807, 2.05) is 26.0 Å². The lowest BCUT2D eigenvalue weighted by Crippen LogP contribution is -2.22. The summed E-state index contributed by atoms with van der Waals surface area (Å²) in [5, 5.41) is 18.9. The first-order valence-corrected chi connectivity index (χ1v) is 4.71. The summed E-state index contributed by atoms with van der Waals surface area (Å²) in [6.45, 7) is 3.96. The number of phenols is 1. The maximum Gasteiger partial charge on any atom is 0.121 e. The van der Waals surface area contributed by atoms with Crippen LogP contribution in [0.5, 0.6) is 5.75 Å². The Bertz CT molecular complexity index is 300. The smallest absolute Gasteiger partial charge is 0.121 e. The first-order chi connectivity index (χ1) is 6.54. The van der Waals surface area contributed by atoms with E-state index in [0.717, 1.165) is 16.7 Å². The molecule has 0 aliphatic heterocycles. The van der Waals surface area contributed by atoms with Gasteiger partial charge in [0.2, 0.25) is 0 Å². The van der Waals surface area contributed by atoms with E-state index in [1.54, 1.807) is 0 Å². The van der Waals surface area contributed by atoms with E-state index < -0.39 is 6.10 Å². The Labute approximate surface area is 84.2 Å². The molecule has 1 rings (SSSR count). The summed E-state index contributed by atoms with van der Waals surface area (Å²) in [4.78, 5) is 0. The van der Waals surface area contributed by atoms with Gasteiger partial charge in [0.15, 0.2) is 0 Å². The lowest BCUT2D eigenvalue weighted by molar-refractivity contribution is 0.183. The van der Waals surface area contributed by atoms with Gasteiger partial charge in [-0.25, -0.2) is 0 Å². The molecule has 1 atom stereocenters. The van der Waals surface area contributed by atoms with Crippen molar-refractivity contribution in [2.75, 3.05) is 6.54 Å². The molecule has 4 N–H and O–H groups in total. The van der Waals surface area contributed by atoms with Crippen LogP contribution in [0.4, 0.5) is 0 Å². The van der Waals surface area contributed by atoms with Gasteiger partial charge in [0.05, 0.1) is 6.10 Å². The van der Waals surface area contributed by atoms with Gasteiger partial charge < -0.3 is 15.9 Å². The van der Waals surface area contributed by atoms with Crippen LogP contribution >= 0.6 is 0 Å². The highest BCUT2D eigenvalue weighted by molar-refractivity contribution is 5.42. The summed E-state index contributed by atoms with van der Waals surface area (Å²) in [6.07, 6.45) is 0.0386. The third-order valence-electron chi connectivity index (χ3n) is 2.29. The molecular formula is C11H17NO2. The van der Waals surface area contributed by atoms with E-state index in [9.17, 15) is 10.2 Å². The van der Waals surface area contributed by atoms with Gasteiger partial charge >= 0.3 is 0 Å². The zero-order chi connectivity index (χ0) is 10.7. The fourth-order valence-electron chi connectivity index (χ4n) is 1.52. The third kappa shape index (κ3) is 2.47. The van der Waals surface area contributed by atoms with Gasteiger partial charge in [-0.1, -0.05) is 12.1 Å². The number of rotatable bonds is 3. The van der Waals surface area contributed by atoms with Gasteiger partial charge in [-0.2, -0.15) is 0 Å². The molecule has 1 aromatic rings. The van der Waals surface area contributed by atoms with Crippen LogP contribution in [0.25, 0.3) is 0 Å². The Kier molecular flexibility index (Phi) is 3.49. The fraction of sp³-hybridized carbons (Fsp3) is 0.455. The molecule has 0 aliphatic rings. The number of nitrogens with two attached hydrogens (primary N) is 1. The van der Waals surface area contributed by atoms with Crippen LogP contribution in [0.15, 0.2) is 12.1 Å². The molecule has 0 amide bonds. The van der Waals surface area contributed by atoms with Gasteiger partial charge in [-0.3, -0.25) is 0 Å². The van der Waals surface area contributed by atoms with Crippen molar-refractivity contribution in [2.24, 2.45) is 5.73 Å². The molecule has 14 heavy (non-hydrogen) atoms. The number of phenolic OH excluding ortho intramolecular Hbond substituents is 1. The molecular weight excluding hydrogens is 178 g/mol. The Morgan fingerprint density at radius 2 is 1.79 bits per heavy atom. The third-order valence-corrected chi connectivity index (χ3v) is 2.29. The van der Waals surface area contributed by atoms with Crippen LogP contribution in [0.2, 0.25) is 0 Å². The van der Waals surface area contributed by atoms with Gasteiger partial charge in [-0.15, -0.1) is 0 Å². The number of hydrogen-bond donors (Lipinski definition) is 3. The molecule has 0 fully saturated rings. The van der Waals surface area contributed by atoms with Crippen LogP contribution in [0, 0.1) is 13.8 Å². The lowest BCUT2D eigenvalue weighted by atomic mass is 10.0. The molecule has 0 aromatic heterocycles. The lowest BCUT2D eigenvalue weighted by Gasteiger charge is -2.10. The molecule has 1 unspecified atom stereocenters. The second kappa shape index (κ2) is 4.44. The molecule has 0 bridgehead atoms. The van der Waals surface area contributed by atoms with Crippen LogP contribution in [0.3, 0.4) is 0 Å². The van der Waals surface area contributed by atoms with Crippen LogP contribution < -0.4 is 5.73 Å². The minimum Gasteiger partial charge on any atom is -0.507 e. The van der Waals surface area contributed by atoms with Crippen molar-refractivity contribution in [3.05, 3.63) is 28.8 Å². The molecule has 3 nitrogen and oxygen atoms in total. The SMILES string of the molecule is Cc1cc(CC(O)CN)cc(C)c1O. The second-order valence-electron chi connectivity index (χ2n) is 3.67. The van der Waals surface area contributed by atoms with Crippen LogP contribution in [-0.2, 0) is 6.42 Å². The number of benzene rings is 1. The zero-order valence-electron chi connectivity index (χ0n) is 8.62. The largest absolute Gasteiger partial charge is 0.507 e. The summed E-state index contributed by atoms with van der Waals surface area (Å²) in [5.74, 6) is 0.330. The summed E-state index contributed by atoms with van der Waals surface area (Å²) < 4.78 is 0. The van der Waals surface area contributed by atoms with Gasteiger partial charge in [-0.05, 0) is 37.0 Å². The van der Waals surface area contributed by atoms with E-state index in [1.165, 1.54) is 0 Å². The van der Waals surface area contributed by atoms with Crippen LogP contribution in [-0.4, -0.2) is 22.9 Å². The topological polar surface area (TPSA) is 66.5 Å². The zero-order valence-corrected chi connectivity index (χ0v) is 8.62. The first-order valence-electron chi connectivity index (χ1n) is 4.71. The standard InChI is InChI=1S/C11H17NO2/c1-7-3-9(5-10(13)6-12)4-8(2)11(7)14/h3-4,10,13-14H,5-6,12H2,1-2H3. The Balaban J connectivity index is 2.89. The average Bonchev–Trinajstić information content (AvgIpc) is 2.14. The molecule has 0 saturated carbocycles. The van der Waals surface area contributed by atoms with E-state index in [4.69, 9.17) is 5.73 Å². The molecule has 0 spiro atoms. The number of aliphatic hydroxyl groups excluding tert-OH is 1. The maximum atomic E-state index is 9.53. The fourth-order valence-corrected chi connectivity index (χ4v) is 1.52. The molecule has 0 aliphatic carbocycles. The van der Waals surface area contributed by atoms with Gasteiger partial charge in [0, 0.05) is 6.54 Å². The van der Waals surface area contributed by atoms with E-state index in [-0.39, 0.29) is 6.54 Å². The quantitative estimate of drug-likeness (QED) is 0.670. The van der Waals surface area contributed by atoms with E-state index in [0.29, 0.717) is 12.2 Å². The highest BCUT2D eigenvalue weighted by atomic mass is 16.3. The van der Waals surface area contributed by atoms with Crippen molar-refractivity contribution in [2.45, 2.75) is 26.4 Å². The minimum absolute atomic E-state index is 0.263. The predicted molar refractivity (Wildman–Crippen MR) is 56.3 cm³/mol. The Morgan fingerprint density at radius 3 is 2.21 bits per heavy atom. The van der Waals surface area contributed by atoms with E-state index >= 15 is 0 Å². The summed E-state index contributed by atoms with van der Waals surface area (Å²) in [6, 6.07) is 3.75. The summed E-state index contributed by atoms with van der Waals surface area (Å²) >= 11 is 0. The number of hydrogen-bond acceptors (Lipinski definition) is 3. The Morgan fingerprint density at radius 1 is 1.29 bits per heavy atom. The van der Waals surface area contributed by atoms with Crippen molar-refractivity contribution < 1.29 is 10.2 Å². The second-order valence-corrected chi connectivity index (χ2v) is 3.67. The van der Waals surface area contributed by atoms with Gasteiger partial charge in [0.1, 0.15) is 5.75 Å². The Hall–Kier alpha value is -1.06. The summed E-state index contributed by atoms with van der Waals surface area (Å²) in [5.41, 5.74) is 8.01. The maximum absolute atomic E-state index is 9.53. The van der Waals surface area contributed by atoms with Crippen molar-refractivity contribution in [3.63, 3.8) is 0 Å². The first kappa shape index (κ1) is 11.0. The molecule has 3 heteroatoms. The highest BCUT2D eigenvalue weighted by Gasteiger charge is 2.07. The molecule has 0 saturated heterocycles. The minimum atomic E-state index is -0.502. The molecule has 78 valence electrons. The average molecular weight is 195 g/mol. The van der Waals surface area contributed by atoms with Crippen LogP contribution in [0.1, 0.15) is 16.7 Å². The van der Waals surface area contributed by atoms with Crippen molar-refractivity contribution >= 4 is 0 Å². The van der Waals surface area contributed by atoms with Gasteiger partial charge in [0.25, 0.3) is 0 Å². The monoisotopic (exact) mass is 195 g/mol. The predicted octanol–water partition coefficient (Wildman–Crippen LogP) is 0.871. The number of aryl methyl sites for hydroxylation is 2. The molecule has 0 heterocycles. The van der Waals surface area contributed by atoms with Crippen molar-refractivity contribution in [1.29, 1.82) is 0 Å². The van der Waals surface area contributed by atoms with E-state index in [2.05, 4.69) is 0 Å². The van der Waals surface area contributed by atoms with Crippen molar-refractivity contribution in [1.82, 2.24) is 0 Å². The summed E-state index contributed by atoms with van der Waals surface area (Å²) in [7, 11) is 0. The van der Waals surface area contributed by atoms with Crippen molar-refractivity contribution in [3.8, 4) is 5.75 Å². The normalized spacial score (nSPS) is 12.9. The number of aliphatic hydroxyl groups is 1. The number of aromatic hydroxyl groups is 1. The highest BCUT2D eigenvalue weighted by Crippen LogP contribution is 2.23. The molecule has 1 aromatic carbocycles.